The maximum absolute atomic E-state index is 6.27. The fourth-order valence-electron chi connectivity index (χ4n) is 3.82. The summed E-state index contributed by atoms with van der Waals surface area (Å²) in [6.45, 7) is 4.81. The van der Waals surface area contributed by atoms with Crippen LogP contribution in [-0.4, -0.2) is 34.6 Å². The summed E-state index contributed by atoms with van der Waals surface area (Å²) in [5, 5.41) is 7.42. The molecule has 0 saturated carbocycles. The van der Waals surface area contributed by atoms with Crippen LogP contribution in [0.3, 0.4) is 0 Å². The molecule has 2 aromatic rings. The number of benzene rings is 1. The Morgan fingerprint density at radius 3 is 2.62 bits per heavy atom. The Hall–Kier alpha value is -2.34. The lowest BCUT2D eigenvalue weighted by molar-refractivity contribution is 0.679. The Kier molecular flexibility index (Phi) is 6.49. The first-order valence-electron chi connectivity index (χ1n) is 10.6. The van der Waals surface area contributed by atoms with Crippen LogP contribution in [0.5, 0.6) is 0 Å². The van der Waals surface area contributed by atoms with Gasteiger partial charge >= 0.3 is 0 Å². The molecule has 2 N–H and O–H groups in total. The molecule has 2 aliphatic rings. The highest BCUT2D eigenvalue weighted by Crippen LogP contribution is 2.25. The Bertz CT molecular complexity index is 876. The fraction of sp³-hybridized carbons (Fsp3) is 0.500. The van der Waals surface area contributed by atoms with E-state index >= 15 is 0 Å². The van der Waals surface area contributed by atoms with Crippen LogP contribution in [0, 0.1) is 6.92 Å². The van der Waals surface area contributed by atoms with Gasteiger partial charge in [-0.3, -0.25) is 0 Å². The van der Waals surface area contributed by atoms with Gasteiger partial charge in [-0.1, -0.05) is 29.3 Å². The second kappa shape index (κ2) is 9.44. The highest BCUT2D eigenvalue weighted by atomic mass is 35.5. The zero-order valence-electron chi connectivity index (χ0n) is 17.0. The van der Waals surface area contributed by atoms with Crippen molar-refractivity contribution in [1.29, 1.82) is 0 Å². The van der Waals surface area contributed by atoms with Gasteiger partial charge in [0.25, 0.3) is 0 Å². The lowest BCUT2D eigenvalue weighted by atomic mass is 9.97. The summed E-state index contributed by atoms with van der Waals surface area (Å²) in [5.41, 5.74) is 3.47. The van der Waals surface area contributed by atoms with E-state index in [1.165, 1.54) is 38.5 Å². The van der Waals surface area contributed by atoms with Gasteiger partial charge in [0.1, 0.15) is 0 Å². The minimum Gasteiger partial charge on any atom is -0.354 e. The molecular formula is C22H29ClN6. The highest BCUT2D eigenvalue weighted by molar-refractivity contribution is 6.31. The fourth-order valence-corrected chi connectivity index (χ4v) is 4.01. The molecular weight excluding hydrogens is 384 g/mol. The third-order valence-corrected chi connectivity index (χ3v) is 5.96. The van der Waals surface area contributed by atoms with Crippen LogP contribution in [-0.2, 0) is 0 Å². The molecule has 0 atom stereocenters. The maximum atomic E-state index is 6.27. The zero-order chi connectivity index (χ0) is 20.1. The van der Waals surface area contributed by atoms with Gasteiger partial charge in [0.2, 0.25) is 17.8 Å². The van der Waals surface area contributed by atoms with Crippen molar-refractivity contribution >= 4 is 35.1 Å². The summed E-state index contributed by atoms with van der Waals surface area (Å²) in [6.07, 6.45) is 10.9. The van der Waals surface area contributed by atoms with Gasteiger partial charge in [0.15, 0.2) is 0 Å². The average Bonchev–Trinajstić information content (AvgIpc) is 3.27. The Morgan fingerprint density at radius 2 is 1.86 bits per heavy atom. The van der Waals surface area contributed by atoms with E-state index in [1.54, 1.807) is 5.57 Å². The van der Waals surface area contributed by atoms with Crippen LogP contribution in [0.2, 0.25) is 5.02 Å². The first-order chi connectivity index (χ1) is 14.2. The molecule has 29 heavy (non-hydrogen) atoms. The van der Waals surface area contributed by atoms with Crippen molar-refractivity contribution in [3.8, 4) is 0 Å². The average molecular weight is 413 g/mol. The SMILES string of the molecule is Cc1ccc(Nc2nc(NCCC3=CCCCC3)nc(N3CCCC3)n2)cc1Cl. The molecule has 0 bridgehead atoms. The molecule has 1 aromatic heterocycles. The van der Waals surface area contributed by atoms with Crippen molar-refractivity contribution in [2.45, 2.75) is 51.9 Å². The number of rotatable bonds is 7. The number of aryl methyl sites for hydroxylation is 1. The monoisotopic (exact) mass is 412 g/mol. The van der Waals surface area contributed by atoms with Crippen molar-refractivity contribution in [2.24, 2.45) is 0 Å². The molecule has 0 amide bonds. The van der Waals surface area contributed by atoms with Crippen LogP contribution in [0.15, 0.2) is 29.8 Å². The molecule has 154 valence electrons. The quantitative estimate of drug-likeness (QED) is 0.587. The van der Waals surface area contributed by atoms with E-state index in [0.717, 1.165) is 48.3 Å². The topological polar surface area (TPSA) is 66.0 Å². The first kappa shape index (κ1) is 20.0. The van der Waals surface area contributed by atoms with Gasteiger partial charge in [0.05, 0.1) is 0 Å². The molecule has 1 fully saturated rings. The van der Waals surface area contributed by atoms with Crippen LogP contribution >= 0.6 is 11.6 Å². The normalized spacial score (nSPS) is 16.6. The number of halogens is 1. The molecule has 6 nitrogen and oxygen atoms in total. The summed E-state index contributed by atoms with van der Waals surface area (Å²) >= 11 is 6.27. The Labute approximate surface area is 177 Å². The van der Waals surface area contributed by atoms with Gasteiger partial charge in [0, 0.05) is 30.3 Å². The van der Waals surface area contributed by atoms with Gasteiger partial charge in [-0.15, -0.1) is 0 Å². The summed E-state index contributed by atoms with van der Waals surface area (Å²) in [7, 11) is 0. The summed E-state index contributed by atoms with van der Waals surface area (Å²) in [5.74, 6) is 1.90. The van der Waals surface area contributed by atoms with Crippen LogP contribution < -0.4 is 15.5 Å². The van der Waals surface area contributed by atoms with Gasteiger partial charge in [-0.05, 0) is 69.6 Å². The molecule has 0 unspecified atom stereocenters. The predicted molar refractivity (Wildman–Crippen MR) is 120 cm³/mol. The Balaban J connectivity index is 1.50. The lowest BCUT2D eigenvalue weighted by Crippen LogP contribution is -2.22. The highest BCUT2D eigenvalue weighted by Gasteiger charge is 2.17. The van der Waals surface area contributed by atoms with Gasteiger partial charge in [-0.25, -0.2) is 0 Å². The van der Waals surface area contributed by atoms with Crippen molar-refractivity contribution in [3.05, 3.63) is 40.4 Å². The van der Waals surface area contributed by atoms with E-state index in [4.69, 9.17) is 11.6 Å². The van der Waals surface area contributed by atoms with Crippen LogP contribution in [0.4, 0.5) is 23.5 Å². The Morgan fingerprint density at radius 1 is 1.03 bits per heavy atom. The predicted octanol–water partition coefficient (Wildman–Crippen LogP) is 5.48. The molecule has 7 heteroatoms. The number of allylic oxidation sites excluding steroid dienone is 1. The second-order valence-corrected chi connectivity index (χ2v) is 8.26. The van der Waals surface area contributed by atoms with Crippen molar-refractivity contribution in [3.63, 3.8) is 0 Å². The number of hydrogen-bond acceptors (Lipinski definition) is 6. The number of nitrogens with zero attached hydrogens (tertiary/aromatic N) is 4. The first-order valence-corrected chi connectivity index (χ1v) is 11.0. The summed E-state index contributed by atoms with van der Waals surface area (Å²) in [6, 6.07) is 5.88. The molecule has 1 aliphatic carbocycles. The van der Waals surface area contributed by atoms with E-state index in [2.05, 4.69) is 36.6 Å². The molecule has 0 radical (unpaired) electrons. The van der Waals surface area contributed by atoms with Crippen molar-refractivity contribution < 1.29 is 0 Å². The number of nitrogens with one attached hydrogen (secondary N) is 2. The standard InChI is InChI=1S/C22H29ClN6/c1-16-9-10-18(15-19(16)23)25-21-26-20(24-12-11-17-7-3-2-4-8-17)27-22(28-21)29-13-5-6-14-29/h7,9-10,15H,2-6,8,11-14H2,1H3,(H2,24,25,26,27,28). The molecule has 1 aliphatic heterocycles. The molecule has 1 aromatic carbocycles. The number of aromatic nitrogens is 3. The summed E-state index contributed by atoms with van der Waals surface area (Å²) < 4.78 is 0. The molecule has 1 saturated heterocycles. The van der Waals surface area contributed by atoms with Crippen LogP contribution in [0.25, 0.3) is 0 Å². The van der Waals surface area contributed by atoms with E-state index in [1.807, 2.05) is 25.1 Å². The third-order valence-electron chi connectivity index (χ3n) is 5.55. The van der Waals surface area contributed by atoms with Gasteiger partial charge in [-0.2, -0.15) is 15.0 Å². The smallest absolute Gasteiger partial charge is 0.233 e. The molecule has 0 spiro atoms. The van der Waals surface area contributed by atoms with E-state index in [9.17, 15) is 0 Å². The maximum Gasteiger partial charge on any atom is 0.233 e. The number of anilines is 4. The minimum atomic E-state index is 0.543. The summed E-state index contributed by atoms with van der Waals surface area (Å²) in [4.78, 5) is 16.2. The lowest BCUT2D eigenvalue weighted by Gasteiger charge is -2.18. The van der Waals surface area contributed by atoms with E-state index in [-0.39, 0.29) is 0 Å². The zero-order valence-corrected chi connectivity index (χ0v) is 17.8. The van der Waals surface area contributed by atoms with Gasteiger partial charge < -0.3 is 15.5 Å². The number of hydrogen-bond donors (Lipinski definition) is 2. The van der Waals surface area contributed by atoms with Crippen molar-refractivity contribution in [2.75, 3.05) is 35.2 Å². The molecule has 4 rings (SSSR count). The van der Waals surface area contributed by atoms with Crippen LogP contribution in [0.1, 0.15) is 50.5 Å². The third kappa shape index (κ3) is 5.38. The van der Waals surface area contributed by atoms with E-state index in [0.29, 0.717) is 11.9 Å². The van der Waals surface area contributed by atoms with E-state index < -0.39 is 0 Å². The minimum absolute atomic E-state index is 0.543. The molecule has 2 heterocycles. The largest absolute Gasteiger partial charge is 0.354 e. The second-order valence-electron chi connectivity index (χ2n) is 7.85. The van der Waals surface area contributed by atoms with Crippen molar-refractivity contribution in [1.82, 2.24) is 15.0 Å².